The molecule has 3 heteroatoms. The molecule has 0 spiro atoms. The summed E-state index contributed by atoms with van der Waals surface area (Å²) in [4.78, 5) is 15.4. The van der Waals surface area contributed by atoms with Gasteiger partial charge in [0.15, 0.2) is 0 Å². The Bertz CT molecular complexity index is 205. The monoisotopic (exact) mass is 272 g/mol. The van der Waals surface area contributed by atoms with Crippen molar-refractivity contribution in [2.75, 3.05) is 33.2 Å². The SMILES string of the molecule is CC.CCN(CCN(C)CCCCC(C)C)C(C)=O. The normalized spacial score (nSPS) is 10.4. The minimum atomic E-state index is 0.181. The molecule has 0 aromatic rings. The van der Waals surface area contributed by atoms with Crippen LogP contribution in [0.3, 0.4) is 0 Å². The number of hydrogen-bond donors (Lipinski definition) is 0. The van der Waals surface area contributed by atoms with Crippen molar-refractivity contribution in [2.45, 2.75) is 60.8 Å². The third kappa shape index (κ3) is 13.7. The number of carbonyl (C=O) groups excluding carboxylic acids is 1. The molecule has 19 heavy (non-hydrogen) atoms. The van der Waals surface area contributed by atoms with Crippen LogP contribution in [0.5, 0.6) is 0 Å². The molecule has 0 rings (SSSR count). The maximum Gasteiger partial charge on any atom is 0.219 e. The molecule has 0 heterocycles. The maximum absolute atomic E-state index is 11.2. The van der Waals surface area contributed by atoms with E-state index < -0.39 is 0 Å². The van der Waals surface area contributed by atoms with Gasteiger partial charge in [-0.05, 0) is 32.9 Å². The Morgan fingerprint density at radius 1 is 1.05 bits per heavy atom. The van der Waals surface area contributed by atoms with Crippen molar-refractivity contribution in [1.82, 2.24) is 9.80 Å². The summed E-state index contributed by atoms with van der Waals surface area (Å²) in [7, 11) is 2.14. The van der Waals surface area contributed by atoms with Crippen molar-refractivity contribution in [3.05, 3.63) is 0 Å². The zero-order valence-electron chi connectivity index (χ0n) is 14.3. The highest BCUT2D eigenvalue weighted by Crippen LogP contribution is 2.06. The van der Waals surface area contributed by atoms with E-state index in [0.29, 0.717) is 0 Å². The van der Waals surface area contributed by atoms with Gasteiger partial charge in [0.1, 0.15) is 0 Å². The van der Waals surface area contributed by atoms with Gasteiger partial charge < -0.3 is 9.80 Å². The predicted molar refractivity (Wildman–Crippen MR) is 85.5 cm³/mol. The van der Waals surface area contributed by atoms with Crippen molar-refractivity contribution in [3.8, 4) is 0 Å². The summed E-state index contributed by atoms with van der Waals surface area (Å²) in [6, 6.07) is 0. The first-order valence-corrected chi connectivity index (χ1v) is 7.91. The zero-order valence-corrected chi connectivity index (χ0v) is 14.3. The number of likely N-dealkylation sites (N-methyl/N-ethyl adjacent to an activating group) is 2. The van der Waals surface area contributed by atoms with Gasteiger partial charge in [0, 0.05) is 26.6 Å². The lowest BCUT2D eigenvalue weighted by Gasteiger charge is -2.23. The Morgan fingerprint density at radius 2 is 1.63 bits per heavy atom. The van der Waals surface area contributed by atoms with Crippen LogP contribution in [0.25, 0.3) is 0 Å². The van der Waals surface area contributed by atoms with Crippen molar-refractivity contribution < 1.29 is 4.79 Å². The summed E-state index contributed by atoms with van der Waals surface area (Å²) in [5, 5.41) is 0. The van der Waals surface area contributed by atoms with E-state index in [1.165, 1.54) is 19.3 Å². The number of hydrogen-bond acceptors (Lipinski definition) is 2. The lowest BCUT2D eigenvalue weighted by atomic mass is 10.1. The molecule has 0 bridgehead atoms. The topological polar surface area (TPSA) is 23.6 Å². The van der Waals surface area contributed by atoms with Crippen molar-refractivity contribution in [1.29, 1.82) is 0 Å². The highest BCUT2D eigenvalue weighted by atomic mass is 16.2. The van der Waals surface area contributed by atoms with Crippen LogP contribution in [-0.4, -0.2) is 48.9 Å². The fourth-order valence-corrected chi connectivity index (χ4v) is 1.88. The van der Waals surface area contributed by atoms with E-state index in [1.807, 2.05) is 25.7 Å². The second kappa shape index (κ2) is 13.9. The number of unbranched alkanes of at least 4 members (excludes halogenated alkanes) is 1. The molecule has 0 unspecified atom stereocenters. The first kappa shape index (κ1) is 20.7. The molecule has 1 amide bonds. The maximum atomic E-state index is 11.2. The lowest BCUT2D eigenvalue weighted by molar-refractivity contribution is -0.128. The largest absolute Gasteiger partial charge is 0.342 e. The Morgan fingerprint density at radius 3 is 2.05 bits per heavy atom. The zero-order chi connectivity index (χ0) is 15.3. The molecule has 0 aliphatic heterocycles. The highest BCUT2D eigenvalue weighted by Gasteiger charge is 2.07. The molecule has 0 saturated heterocycles. The quantitative estimate of drug-likeness (QED) is 0.598. The predicted octanol–water partition coefficient (Wildman–Crippen LogP) is 3.64. The van der Waals surface area contributed by atoms with Gasteiger partial charge in [-0.3, -0.25) is 4.79 Å². The summed E-state index contributed by atoms with van der Waals surface area (Å²) >= 11 is 0. The van der Waals surface area contributed by atoms with Crippen molar-refractivity contribution in [2.24, 2.45) is 5.92 Å². The van der Waals surface area contributed by atoms with Crippen LogP contribution in [-0.2, 0) is 4.79 Å². The van der Waals surface area contributed by atoms with Crippen LogP contribution in [0, 0.1) is 5.92 Å². The average Bonchev–Trinajstić information content (AvgIpc) is 2.37. The van der Waals surface area contributed by atoms with Crippen LogP contribution in [0.2, 0.25) is 0 Å². The molecule has 0 saturated carbocycles. The van der Waals surface area contributed by atoms with Crippen molar-refractivity contribution in [3.63, 3.8) is 0 Å². The van der Waals surface area contributed by atoms with Gasteiger partial charge in [0.25, 0.3) is 0 Å². The molecule has 0 aromatic heterocycles. The molecule has 0 fully saturated rings. The van der Waals surface area contributed by atoms with Crippen LogP contribution in [0.15, 0.2) is 0 Å². The van der Waals surface area contributed by atoms with Gasteiger partial charge >= 0.3 is 0 Å². The van der Waals surface area contributed by atoms with Gasteiger partial charge in [-0.1, -0.05) is 40.5 Å². The second-order valence-corrected chi connectivity index (χ2v) is 5.29. The lowest BCUT2D eigenvalue weighted by Crippen LogP contribution is -2.36. The molecular formula is C16H36N2O. The Balaban J connectivity index is 0. The minimum Gasteiger partial charge on any atom is -0.342 e. The third-order valence-corrected chi connectivity index (χ3v) is 3.15. The Labute approximate surface area is 121 Å². The van der Waals surface area contributed by atoms with Gasteiger partial charge in [-0.15, -0.1) is 0 Å². The van der Waals surface area contributed by atoms with E-state index in [1.54, 1.807) is 6.92 Å². The summed E-state index contributed by atoms with van der Waals surface area (Å²) in [6.45, 7) is 16.0. The first-order chi connectivity index (χ1) is 8.97. The summed E-state index contributed by atoms with van der Waals surface area (Å²) in [5.41, 5.74) is 0. The first-order valence-electron chi connectivity index (χ1n) is 7.91. The molecule has 3 nitrogen and oxygen atoms in total. The van der Waals surface area contributed by atoms with E-state index in [2.05, 4.69) is 25.8 Å². The van der Waals surface area contributed by atoms with Crippen LogP contribution >= 0.6 is 0 Å². The molecule has 0 radical (unpaired) electrons. The fraction of sp³-hybridized carbons (Fsp3) is 0.938. The molecule has 0 atom stereocenters. The van der Waals surface area contributed by atoms with Crippen LogP contribution in [0.1, 0.15) is 60.8 Å². The fourth-order valence-electron chi connectivity index (χ4n) is 1.88. The Hall–Kier alpha value is -0.570. The van der Waals surface area contributed by atoms with Gasteiger partial charge in [-0.25, -0.2) is 0 Å². The van der Waals surface area contributed by atoms with Gasteiger partial charge in [0.2, 0.25) is 5.91 Å². The van der Waals surface area contributed by atoms with Crippen LogP contribution in [0.4, 0.5) is 0 Å². The molecule has 116 valence electrons. The van der Waals surface area contributed by atoms with E-state index in [9.17, 15) is 4.79 Å². The average molecular weight is 272 g/mol. The third-order valence-electron chi connectivity index (χ3n) is 3.15. The molecular weight excluding hydrogens is 236 g/mol. The van der Waals surface area contributed by atoms with E-state index in [4.69, 9.17) is 0 Å². The molecule has 0 aliphatic carbocycles. The summed E-state index contributed by atoms with van der Waals surface area (Å²) in [6.07, 6.45) is 3.90. The van der Waals surface area contributed by atoms with E-state index in [-0.39, 0.29) is 5.91 Å². The minimum absolute atomic E-state index is 0.181. The van der Waals surface area contributed by atoms with E-state index in [0.717, 1.165) is 32.1 Å². The smallest absolute Gasteiger partial charge is 0.219 e. The molecule has 0 aliphatic rings. The number of rotatable bonds is 9. The summed E-state index contributed by atoms with van der Waals surface area (Å²) < 4.78 is 0. The highest BCUT2D eigenvalue weighted by molar-refractivity contribution is 5.73. The van der Waals surface area contributed by atoms with Crippen molar-refractivity contribution >= 4 is 5.91 Å². The number of amides is 1. The van der Waals surface area contributed by atoms with Gasteiger partial charge in [-0.2, -0.15) is 0 Å². The number of nitrogens with zero attached hydrogens (tertiary/aromatic N) is 2. The molecule has 0 N–H and O–H groups in total. The van der Waals surface area contributed by atoms with Crippen LogP contribution < -0.4 is 0 Å². The second-order valence-electron chi connectivity index (χ2n) is 5.29. The Kier molecular flexibility index (Phi) is 15.1. The molecule has 0 aromatic carbocycles. The summed E-state index contributed by atoms with van der Waals surface area (Å²) in [5.74, 6) is 0.995. The number of carbonyl (C=O) groups is 1. The van der Waals surface area contributed by atoms with Gasteiger partial charge in [0.05, 0.1) is 0 Å². The van der Waals surface area contributed by atoms with E-state index >= 15 is 0 Å². The standard InChI is InChI=1S/C14H30N2O.C2H6/c1-6-16(14(4)17)12-11-15(5)10-8-7-9-13(2)3;1-2/h13H,6-12H2,1-5H3;1-2H3.